The van der Waals surface area contributed by atoms with Crippen LogP contribution in [0.2, 0.25) is 0 Å². The quantitative estimate of drug-likeness (QED) is 0.400. The molecular formula is C24H18F3N5O4. The number of aryl methyl sites for hydroxylation is 1. The Hall–Kier alpha value is -4.61. The molecule has 2 aromatic carbocycles. The van der Waals surface area contributed by atoms with Crippen molar-refractivity contribution in [1.82, 2.24) is 19.3 Å². The standard InChI is InChI=1S/C24H18F3N5O4/c1-13-16(20(34)32(30-13)15-10-6-3-7-11-15)23(24(25,26)27)17-18(28-21(23)35)31(22(36)29-19(17)33)12-14-8-4-2-5-9-14/h2-11,30H,12H2,1H3,(H,28,35)(H,29,33,36)/t23-/m1/s1. The number of alkyl halides is 3. The van der Waals surface area contributed by atoms with Crippen LogP contribution in [0.4, 0.5) is 19.0 Å². The molecular weight excluding hydrogens is 479 g/mol. The van der Waals surface area contributed by atoms with Crippen LogP contribution >= 0.6 is 0 Å². The lowest BCUT2D eigenvalue weighted by atomic mass is 9.75. The zero-order chi connectivity index (χ0) is 25.8. The first-order chi connectivity index (χ1) is 17.1. The number of nitrogens with one attached hydrogen (secondary N) is 3. The number of rotatable bonds is 4. The third-order valence-corrected chi connectivity index (χ3v) is 6.22. The zero-order valence-electron chi connectivity index (χ0n) is 18.6. The van der Waals surface area contributed by atoms with Crippen LogP contribution in [-0.2, 0) is 16.8 Å². The molecule has 2 aromatic heterocycles. The average molecular weight is 497 g/mol. The Morgan fingerprint density at radius 1 is 0.889 bits per heavy atom. The Morgan fingerprint density at radius 3 is 2.11 bits per heavy atom. The van der Waals surface area contributed by atoms with E-state index < -0.39 is 51.3 Å². The molecule has 36 heavy (non-hydrogen) atoms. The fourth-order valence-corrected chi connectivity index (χ4v) is 4.68. The molecule has 0 spiro atoms. The van der Waals surface area contributed by atoms with Gasteiger partial charge in [0.05, 0.1) is 23.4 Å². The average Bonchev–Trinajstić information content (AvgIpc) is 3.31. The minimum absolute atomic E-state index is 0.229. The largest absolute Gasteiger partial charge is 0.411 e. The van der Waals surface area contributed by atoms with Crippen LogP contribution in [0.15, 0.2) is 75.0 Å². The Morgan fingerprint density at radius 2 is 1.50 bits per heavy atom. The van der Waals surface area contributed by atoms with Crippen LogP contribution in [0.5, 0.6) is 0 Å². The molecule has 0 bridgehead atoms. The number of nitrogens with zero attached hydrogens (tertiary/aromatic N) is 2. The molecule has 0 aliphatic carbocycles. The van der Waals surface area contributed by atoms with Crippen molar-refractivity contribution in [3.63, 3.8) is 0 Å². The number of hydrogen-bond donors (Lipinski definition) is 3. The van der Waals surface area contributed by atoms with Gasteiger partial charge >= 0.3 is 11.9 Å². The molecule has 9 nitrogen and oxygen atoms in total. The van der Waals surface area contributed by atoms with E-state index in [0.29, 0.717) is 5.56 Å². The highest BCUT2D eigenvalue weighted by atomic mass is 19.4. The van der Waals surface area contributed by atoms with Crippen molar-refractivity contribution in [2.24, 2.45) is 0 Å². The highest BCUT2D eigenvalue weighted by Crippen LogP contribution is 2.51. The van der Waals surface area contributed by atoms with Crippen molar-refractivity contribution in [1.29, 1.82) is 0 Å². The van der Waals surface area contributed by atoms with Gasteiger partial charge in [-0.3, -0.25) is 29.0 Å². The number of aromatic nitrogens is 4. The lowest BCUT2D eigenvalue weighted by Gasteiger charge is -2.28. The first kappa shape index (κ1) is 23.1. The van der Waals surface area contributed by atoms with E-state index in [1.54, 1.807) is 48.5 Å². The van der Waals surface area contributed by atoms with Gasteiger partial charge in [-0.15, -0.1) is 0 Å². The van der Waals surface area contributed by atoms with Crippen LogP contribution < -0.4 is 22.1 Å². The molecule has 0 fully saturated rings. The molecule has 1 aliphatic heterocycles. The topological polar surface area (TPSA) is 122 Å². The normalized spacial score (nSPS) is 17.2. The van der Waals surface area contributed by atoms with Crippen LogP contribution in [0.3, 0.4) is 0 Å². The number of fused-ring (bicyclic) bond motifs is 1. The fraction of sp³-hybridized carbons (Fsp3) is 0.167. The third kappa shape index (κ3) is 3.17. The van der Waals surface area contributed by atoms with Gasteiger partial charge in [0.15, 0.2) is 0 Å². The molecule has 0 saturated heterocycles. The molecule has 3 N–H and O–H groups in total. The van der Waals surface area contributed by atoms with Gasteiger partial charge in [0, 0.05) is 5.69 Å². The van der Waals surface area contributed by atoms with E-state index in [4.69, 9.17) is 0 Å². The molecule has 0 radical (unpaired) electrons. The van der Waals surface area contributed by atoms with Crippen molar-refractivity contribution in [2.45, 2.75) is 25.1 Å². The highest BCUT2D eigenvalue weighted by molar-refractivity contribution is 6.08. The van der Waals surface area contributed by atoms with Crippen LogP contribution in [0, 0.1) is 6.92 Å². The fourth-order valence-electron chi connectivity index (χ4n) is 4.68. The second-order valence-electron chi connectivity index (χ2n) is 8.34. The number of para-hydroxylation sites is 1. The maximum absolute atomic E-state index is 15.0. The number of amides is 1. The Labute approximate surface area is 199 Å². The molecule has 0 unspecified atom stereocenters. The summed E-state index contributed by atoms with van der Waals surface area (Å²) < 4.78 is 46.7. The van der Waals surface area contributed by atoms with E-state index in [1.807, 2.05) is 4.98 Å². The second kappa shape index (κ2) is 7.97. The lowest BCUT2D eigenvalue weighted by molar-refractivity contribution is -0.181. The van der Waals surface area contributed by atoms with E-state index in [-0.39, 0.29) is 17.9 Å². The van der Waals surface area contributed by atoms with Crippen molar-refractivity contribution < 1.29 is 18.0 Å². The van der Waals surface area contributed by atoms with Crippen molar-refractivity contribution in [2.75, 3.05) is 5.32 Å². The molecule has 4 aromatic rings. The van der Waals surface area contributed by atoms with Gasteiger partial charge in [0.25, 0.3) is 17.0 Å². The summed E-state index contributed by atoms with van der Waals surface area (Å²) in [5.41, 5.74) is -8.73. The van der Waals surface area contributed by atoms with Gasteiger partial charge in [-0.1, -0.05) is 48.5 Å². The molecule has 1 aliphatic rings. The smallest absolute Gasteiger partial charge is 0.310 e. The summed E-state index contributed by atoms with van der Waals surface area (Å²) in [7, 11) is 0. The number of anilines is 1. The maximum Gasteiger partial charge on any atom is 0.411 e. The van der Waals surface area contributed by atoms with Crippen molar-refractivity contribution >= 4 is 11.7 Å². The first-order valence-corrected chi connectivity index (χ1v) is 10.7. The van der Waals surface area contributed by atoms with Crippen LogP contribution in [0.1, 0.15) is 22.4 Å². The summed E-state index contributed by atoms with van der Waals surface area (Å²) in [6, 6.07) is 16.1. The van der Waals surface area contributed by atoms with Gasteiger partial charge in [-0.25, -0.2) is 9.48 Å². The van der Waals surface area contributed by atoms with Gasteiger partial charge in [-0.05, 0) is 24.6 Å². The summed E-state index contributed by atoms with van der Waals surface area (Å²) in [6.07, 6.45) is -5.41. The van der Waals surface area contributed by atoms with E-state index in [0.717, 1.165) is 9.25 Å². The Kier molecular flexibility index (Phi) is 5.12. The second-order valence-corrected chi connectivity index (χ2v) is 8.34. The van der Waals surface area contributed by atoms with Crippen molar-refractivity contribution in [3.8, 4) is 5.69 Å². The van der Waals surface area contributed by atoms with Crippen LogP contribution in [-0.4, -0.2) is 31.4 Å². The summed E-state index contributed by atoms with van der Waals surface area (Å²) in [5.74, 6) is -2.26. The molecule has 1 amide bonds. The van der Waals surface area contributed by atoms with E-state index in [1.165, 1.54) is 19.1 Å². The predicted octanol–water partition coefficient (Wildman–Crippen LogP) is 2.17. The minimum Gasteiger partial charge on any atom is -0.310 e. The predicted molar refractivity (Wildman–Crippen MR) is 123 cm³/mol. The van der Waals surface area contributed by atoms with Gasteiger partial charge in [0.1, 0.15) is 5.82 Å². The number of H-pyrrole nitrogens is 2. The number of benzene rings is 2. The molecule has 0 saturated carbocycles. The molecule has 184 valence electrons. The van der Waals surface area contributed by atoms with Crippen LogP contribution in [0.25, 0.3) is 5.69 Å². The number of hydrogen-bond acceptors (Lipinski definition) is 4. The Bertz CT molecular complexity index is 1670. The first-order valence-electron chi connectivity index (χ1n) is 10.7. The molecule has 3 heterocycles. The third-order valence-electron chi connectivity index (χ3n) is 6.22. The summed E-state index contributed by atoms with van der Waals surface area (Å²) in [6.45, 7) is 0.983. The monoisotopic (exact) mass is 497 g/mol. The van der Waals surface area contributed by atoms with Gasteiger partial charge in [0.2, 0.25) is 5.41 Å². The van der Waals surface area contributed by atoms with Gasteiger partial charge in [-0.2, -0.15) is 13.2 Å². The molecule has 5 rings (SSSR count). The van der Waals surface area contributed by atoms with Gasteiger partial charge < -0.3 is 5.32 Å². The van der Waals surface area contributed by atoms with E-state index >= 15 is 0 Å². The van der Waals surface area contributed by atoms with Crippen molar-refractivity contribution in [3.05, 3.63) is 114 Å². The zero-order valence-corrected chi connectivity index (χ0v) is 18.6. The highest BCUT2D eigenvalue weighted by Gasteiger charge is 2.70. The Balaban J connectivity index is 1.84. The summed E-state index contributed by atoms with van der Waals surface area (Å²) >= 11 is 0. The number of carbonyl (C=O) groups is 1. The molecule has 1 atom stereocenters. The lowest BCUT2D eigenvalue weighted by Crippen LogP contribution is -2.54. The maximum atomic E-state index is 15.0. The molecule has 12 heteroatoms. The number of halogens is 3. The SMILES string of the molecule is Cc1[nH]n(-c2ccccc2)c(=O)c1[C@]1(C(F)(F)F)C(=O)Nc2c1c(=O)[nH]c(=O)n2Cc1ccccc1. The summed E-state index contributed by atoms with van der Waals surface area (Å²) in [4.78, 5) is 54.1. The number of aromatic amines is 2. The van der Waals surface area contributed by atoms with E-state index in [9.17, 15) is 32.3 Å². The van der Waals surface area contributed by atoms with E-state index in [2.05, 4.69) is 10.4 Å². The minimum atomic E-state index is -5.41. The summed E-state index contributed by atoms with van der Waals surface area (Å²) in [5, 5.41) is 4.67. The number of carbonyl (C=O) groups excluding carboxylic acids is 1.